The van der Waals surface area contributed by atoms with E-state index in [9.17, 15) is 9.90 Å². The van der Waals surface area contributed by atoms with Crippen molar-refractivity contribution in [2.24, 2.45) is 34.3 Å². The highest BCUT2D eigenvalue weighted by Gasteiger charge is 2.57. The van der Waals surface area contributed by atoms with Gasteiger partial charge in [-0.1, -0.05) is 37.6 Å². The van der Waals surface area contributed by atoms with Gasteiger partial charge in [0.2, 0.25) is 0 Å². The number of nitrogens with zero attached hydrogens (tertiary/aromatic N) is 1. The molecule has 1 unspecified atom stereocenters. The van der Waals surface area contributed by atoms with Crippen molar-refractivity contribution < 1.29 is 14.6 Å². The molecule has 5 rings (SSSR count). The van der Waals surface area contributed by atoms with Crippen LogP contribution in [0.3, 0.4) is 0 Å². The van der Waals surface area contributed by atoms with Crippen LogP contribution in [0.2, 0.25) is 0 Å². The van der Waals surface area contributed by atoms with Gasteiger partial charge in [-0.05, 0) is 91.2 Å². The number of aromatic nitrogens is 1. The highest BCUT2D eigenvalue weighted by atomic mass is 16.5. The van der Waals surface area contributed by atoms with Crippen LogP contribution in [0, 0.1) is 28.6 Å². The number of hydrogen-bond donors (Lipinski definition) is 2. The van der Waals surface area contributed by atoms with Crippen molar-refractivity contribution in [2.45, 2.75) is 84.0 Å². The van der Waals surface area contributed by atoms with Gasteiger partial charge in [0.05, 0.1) is 6.10 Å². The van der Waals surface area contributed by atoms with Crippen LogP contribution < -0.4 is 5.73 Å². The topological polar surface area (TPSA) is 85.4 Å². The third-order valence-corrected chi connectivity index (χ3v) is 9.69. The Bertz CT molecular complexity index is 971. The number of aliphatic hydroxyl groups excluding tert-OH is 1. The molecular weight excluding hydrogens is 412 g/mol. The number of carbonyl (C=O) groups excluding carboxylic acids is 1. The predicted molar refractivity (Wildman–Crippen MR) is 129 cm³/mol. The molecule has 5 nitrogen and oxygen atoms in total. The second-order valence-electron chi connectivity index (χ2n) is 11.4. The Balaban J connectivity index is 1.33. The van der Waals surface area contributed by atoms with Gasteiger partial charge in [-0.25, -0.2) is 0 Å². The van der Waals surface area contributed by atoms with Crippen LogP contribution in [0.5, 0.6) is 0 Å². The standard InChI is InChI=1S/C28H38N2O3/c1-17(31)25(29)26(32)33-20-10-12-27(2)19(15-20)6-7-21-23-9-8-22(18-5-4-14-30-16-18)28(23,3)13-11-24(21)27/h4-6,8,14,16-17,20-21,23-25,31H,7,9-13,15,29H2,1-3H3/t17?,20-,21-,23-,24-,25+,27-,28+/m0/s1. The van der Waals surface area contributed by atoms with Crippen LogP contribution in [-0.4, -0.2) is 34.3 Å². The summed E-state index contributed by atoms with van der Waals surface area (Å²) in [5, 5.41) is 9.62. The first-order chi connectivity index (χ1) is 15.7. The molecule has 4 aliphatic carbocycles. The van der Waals surface area contributed by atoms with E-state index < -0.39 is 18.1 Å². The molecule has 0 saturated heterocycles. The number of aliphatic hydroxyl groups is 1. The number of allylic oxidation sites excluding steroid dienone is 3. The summed E-state index contributed by atoms with van der Waals surface area (Å²) in [5.74, 6) is 1.58. The average molecular weight is 451 g/mol. The Morgan fingerprint density at radius 3 is 2.70 bits per heavy atom. The zero-order chi connectivity index (χ0) is 23.4. The Hall–Kier alpha value is -1.98. The Morgan fingerprint density at radius 2 is 1.97 bits per heavy atom. The molecular formula is C28H38N2O3. The molecule has 0 amide bonds. The summed E-state index contributed by atoms with van der Waals surface area (Å²) in [5.41, 5.74) is 10.5. The van der Waals surface area contributed by atoms with Crippen LogP contribution >= 0.6 is 0 Å². The largest absolute Gasteiger partial charge is 0.461 e. The number of nitrogens with two attached hydrogens (primary N) is 1. The first-order valence-corrected chi connectivity index (χ1v) is 12.7. The van der Waals surface area contributed by atoms with Crippen molar-refractivity contribution in [3.63, 3.8) is 0 Å². The van der Waals surface area contributed by atoms with Crippen LogP contribution in [0.25, 0.3) is 5.57 Å². The first-order valence-electron chi connectivity index (χ1n) is 12.7. The minimum absolute atomic E-state index is 0.127. The third-order valence-electron chi connectivity index (χ3n) is 9.69. The van der Waals surface area contributed by atoms with E-state index in [0.717, 1.165) is 25.7 Å². The molecule has 1 aromatic rings. The van der Waals surface area contributed by atoms with E-state index in [2.05, 4.69) is 43.1 Å². The summed E-state index contributed by atoms with van der Waals surface area (Å²) in [7, 11) is 0. The normalized spacial score (nSPS) is 39.3. The van der Waals surface area contributed by atoms with Crippen LogP contribution in [0.4, 0.5) is 0 Å². The summed E-state index contributed by atoms with van der Waals surface area (Å²) in [4.78, 5) is 16.7. The predicted octanol–water partition coefficient (Wildman–Crippen LogP) is 4.66. The molecule has 0 aromatic carbocycles. The fourth-order valence-electron chi connectivity index (χ4n) is 7.70. The van der Waals surface area contributed by atoms with Crippen molar-refractivity contribution >= 4 is 11.5 Å². The summed E-state index contributed by atoms with van der Waals surface area (Å²) in [6.45, 7) is 6.48. The molecule has 0 spiro atoms. The fourth-order valence-corrected chi connectivity index (χ4v) is 7.70. The van der Waals surface area contributed by atoms with Gasteiger partial charge < -0.3 is 15.6 Å². The van der Waals surface area contributed by atoms with Crippen molar-refractivity contribution in [1.29, 1.82) is 0 Å². The van der Waals surface area contributed by atoms with E-state index in [4.69, 9.17) is 10.5 Å². The Labute approximate surface area is 197 Å². The molecule has 33 heavy (non-hydrogen) atoms. The monoisotopic (exact) mass is 450 g/mol. The lowest BCUT2D eigenvalue weighted by Crippen LogP contribution is -2.50. The summed E-state index contributed by atoms with van der Waals surface area (Å²) in [6, 6.07) is 3.29. The second kappa shape index (κ2) is 8.35. The number of rotatable bonds is 4. The van der Waals surface area contributed by atoms with Gasteiger partial charge >= 0.3 is 5.97 Å². The number of carbonyl (C=O) groups is 1. The summed E-state index contributed by atoms with van der Waals surface area (Å²) in [6.07, 6.45) is 15.3. The number of hydrogen-bond acceptors (Lipinski definition) is 5. The molecule has 3 N–H and O–H groups in total. The summed E-state index contributed by atoms with van der Waals surface area (Å²) >= 11 is 0. The third kappa shape index (κ3) is 3.68. The van der Waals surface area contributed by atoms with Crippen LogP contribution in [0.1, 0.15) is 71.3 Å². The molecule has 1 aromatic heterocycles. The van der Waals surface area contributed by atoms with E-state index in [1.54, 1.807) is 0 Å². The maximum atomic E-state index is 12.3. The molecule has 2 saturated carbocycles. The fraction of sp³-hybridized carbons (Fsp3) is 0.643. The van der Waals surface area contributed by atoms with Crippen molar-refractivity contribution in [1.82, 2.24) is 4.98 Å². The first kappa shape index (κ1) is 22.8. The van der Waals surface area contributed by atoms with Gasteiger partial charge in [0, 0.05) is 18.8 Å². The van der Waals surface area contributed by atoms with Crippen molar-refractivity contribution in [3.8, 4) is 0 Å². The van der Waals surface area contributed by atoms with Gasteiger partial charge in [0.1, 0.15) is 12.1 Å². The van der Waals surface area contributed by atoms with Crippen molar-refractivity contribution in [3.05, 3.63) is 47.8 Å². The molecule has 0 radical (unpaired) electrons. The van der Waals surface area contributed by atoms with E-state index in [1.165, 1.54) is 42.9 Å². The molecule has 4 aliphatic rings. The number of esters is 1. The molecule has 0 bridgehead atoms. The number of pyridine rings is 1. The van der Waals surface area contributed by atoms with Crippen LogP contribution in [-0.2, 0) is 9.53 Å². The number of ether oxygens (including phenoxy) is 1. The quantitative estimate of drug-likeness (QED) is 0.515. The molecule has 1 heterocycles. The average Bonchev–Trinajstić information content (AvgIpc) is 3.16. The van der Waals surface area contributed by atoms with Gasteiger partial charge in [0.25, 0.3) is 0 Å². The molecule has 2 fully saturated rings. The van der Waals surface area contributed by atoms with Gasteiger partial charge in [-0.3, -0.25) is 9.78 Å². The lowest BCUT2D eigenvalue weighted by atomic mass is 9.47. The lowest BCUT2D eigenvalue weighted by Gasteiger charge is -2.57. The highest BCUT2D eigenvalue weighted by Crippen LogP contribution is 2.66. The van der Waals surface area contributed by atoms with E-state index in [-0.39, 0.29) is 16.9 Å². The maximum absolute atomic E-state index is 12.3. The minimum Gasteiger partial charge on any atom is -0.461 e. The van der Waals surface area contributed by atoms with Crippen LogP contribution in [0.15, 0.2) is 42.3 Å². The zero-order valence-electron chi connectivity index (χ0n) is 20.2. The summed E-state index contributed by atoms with van der Waals surface area (Å²) < 4.78 is 5.71. The Morgan fingerprint density at radius 1 is 1.18 bits per heavy atom. The molecule has 178 valence electrons. The van der Waals surface area contributed by atoms with Crippen molar-refractivity contribution in [2.75, 3.05) is 0 Å². The molecule has 5 heteroatoms. The van der Waals surface area contributed by atoms with E-state index >= 15 is 0 Å². The van der Waals surface area contributed by atoms with Gasteiger partial charge in [-0.2, -0.15) is 0 Å². The maximum Gasteiger partial charge on any atom is 0.325 e. The Kier molecular flexibility index (Phi) is 5.77. The SMILES string of the molecule is CC(O)[C@@H](N)C(=O)O[C@H]1CC[C@@]2(C)C(=CC[C@@H]3[C@@H]2CC[C@]2(C)C(c4cccnc4)=CC[C@@H]32)C1. The smallest absolute Gasteiger partial charge is 0.325 e. The second-order valence-corrected chi connectivity index (χ2v) is 11.4. The lowest BCUT2D eigenvalue weighted by molar-refractivity contribution is -0.155. The van der Waals surface area contributed by atoms with E-state index in [0.29, 0.717) is 17.8 Å². The van der Waals surface area contributed by atoms with Gasteiger partial charge in [0.15, 0.2) is 0 Å². The van der Waals surface area contributed by atoms with E-state index in [1.807, 2.05) is 12.4 Å². The molecule has 0 aliphatic heterocycles. The molecule has 8 atom stereocenters. The zero-order valence-corrected chi connectivity index (χ0v) is 20.2. The van der Waals surface area contributed by atoms with Gasteiger partial charge in [-0.15, -0.1) is 0 Å². The number of fused-ring (bicyclic) bond motifs is 5. The highest BCUT2D eigenvalue weighted by molar-refractivity contribution is 5.76. The minimum atomic E-state index is -0.970.